The molecule has 0 saturated carbocycles. The number of methoxy groups -OCH3 is 1. The number of carbonyl (C=O) groups excluding carboxylic acids is 2. The molecule has 3 rings (SSSR count). The predicted octanol–water partition coefficient (Wildman–Crippen LogP) is 2.28. The number of rotatable bonds is 2. The summed E-state index contributed by atoms with van der Waals surface area (Å²) in [5.74, 6) is -0.0470. The molecule has 112 valence electrons. The third kappa shape index (κ3) is 2.46. The number of anilines is 4. The number of nitrogens with zero attached hydrogens (tertiary/aromatic N) is 1. The van der Waals surface area contributed by atoms with Gasteiger partial charge in [0.1, 0.15) is 12.2 Å². The van der Waals surface area contributed by atoms with Crippen LogP contribution in [0, 0.1) is 0 Å². The lowest BCUT2D eigenvalue weighted by atomic mass is 10.2. The molecule has 22 heavy (non-hydrogen) atoms. The molecule has 6 heteroatoms. The van der Waals surface area contributed by atoms with Gasteiger partial charge in [0.2, 0.25) is 11.8 Å². The zero-order valence-corrected chi connectivity index (χ0v) is 12.0. The molecule has 6 nitrogen and oxygen atoms in total. The third-order valence-corrected chi connectivity index (χ3v) is 3.43. The number of hydrogen-bond donors (Lipinski definition) is 2. The summed E-state index contributed by atoms with van der Waals surface area (Å²) in [6, 6.07) is 12.1. The van der Waals surface area contributed by atoms with E-state index in [4.69, 9.17) is 10.5 Å². The smallest absolute Gasteiger partial charge is 0.241 e. The van der Waals surface area contributed by atoms with E-state index in [2.05, 4.69) is 5.32 Å². The Morgan fingerprint density at radius 3 is 2.55 bits per heavy atom. The first-order valence-electron chi connectivity index (χ1n) is 6.75. The molecule has 0 bridgehead atoms. The predicted molar refractivity (Wildman–Crippen MR) is 84.2 cm³/mol. The number of fused-ring (bicyclic) bond motifs is 1. The van der Waals surface area contributed by atoms with Crippen molar-refractivity contribution < 1.29 is 14.3 Å². The average molecular weight is 297 g/mol. The highest BCUT2D eigenvalue weighted by atomic mass is 16.5. The molecule has 0 unspecified atom stereocenters. The zero-order chi connectivity index (χ0) is 15.7. The lowest BCUT2D eigenvalue weighted by Crippen LogP contribution is -2.26. The summed E-state index contributed by atoms with van der Waals surface area (Å²) in [5, 5.41) is 2.73. The summed E-state index contributed by atoms with van der Waals surface area (Å²) >= 11 is 0. The Hall–Kier alpha value is -3.02. The molecule has 0 atom stereocenters. The molecule has 1 aliphatic rings. The van der Waals surface area contributed by atoms with Crippen molar-refractivity contribution in [2.24, 2.45) is 0 Å². The van der Waals surface area contributed by atoms with Gasteiger partial charge in [0.25, 0.3) is 0 Å². The van der Waals surface area contributed by atoms with Gasteiger partial charge in [0, 0.05) is 17.4 Å². The molecule has 2 aromatic carbocycles. The summed E-state index contributed by atoms with van der Waals surface area (Å²) < 4.78 is 5.17. The lowest BCUT2D eigenvalue weighted by Gasteiger charge is -2.22. The number of nitrogen functional groups attached to an aromatic ring is 1. The molecule has 0 fully saturated rings. The summed E-state index contributed by atoms with van der Waals surface area (Å²) in [6.07, 6.45) is -0.221. The number of carbonyl (C=O) groups is 2. The number of ether oxygens (including phenoxy) is 1. The van der Waals surface area contributed by atoms with Gasteiger partial charge in [-0.1, -0.05) is 0 Å². The minimum absolute atomic E-state index is 0.221. The number of nitrogens with two attached hydrogens (primary N) is 1. The van der Waals surface area contributed by atoms with Crippen LogP contribution >= 0.6 is 0 Å². The maximum Gasteiger partial charge on any atom is 0.241 e. The van der Waals surface area contributed by atoms with E-state index in [0.29, 0.717) is 28.5 Å². The number of nitrogens with one attached hydrogen (secondary N) is 1. The van der Waals surface area contributed by atoms with E-state index in [9.17, 15) is 9.59 Å². The molecular weight excluding hydrogens is 282 g/mol. The number of amides is 2. The lowest BCUT2D eigenvalue weighted by molar-refractivity contribution is -0.124. The van der Waals surface area contributed by atoms with E-state index in [1.54, 1.807) is 49.6 Å². The Kier molecular flexibility index (Phi) is 3.42. The van der Waals surface area contributed by atoms with Gasteiger partial charge >= 0.3 is 0 Å². The Morgan fingerprint density at radius 2 is 1.86 bits per heavy atom. The van der Waals surface area contributed by atoms with Crippen molar-refractivity contribution in [2.45, 2.75) is 6.42 Å². The van der Waals surface area contributed by atoms with Gasteiger partial charge in [-0.3, -0.25) is 14.5 Å². The quantitative estimate of drug-likeness (QED) is 0.658. The fourth-order valence-corrected chi connectivity index (χ4v) is 2.39. The molecular formula is C16H15N3O3. The van der Waals surface area contributed by atoms with E-state index in [1.165, 1.54) is 4.90 Å². The van der Waals surface area contributed by atoms with Crippen molar-refractivity contribution in [3.05, 3.63) is 42.5 Å². The van der Waals surface area contributed by atoms with Crippen molar-refractivity contribution in [3.8, 4) is 5.75 Å². The van der Waals surface area contributed by atoms with Gasteiger partial charge in [0.05, 0.1) is 18.5 Å². The second kappa shape index (κ2) is 5.40. The van der Waals surface area contributed by atoms with E-state index < -0.39 is 0 Å². The van der Waals surface area contributed by atoms with Gasteiger partial charge < -0.3 is 15.8 Å². The number of benzene rings is 2. The Balaban J connectivity index is 2.14. The van der Waals surface area contributed by atoms with Crippen LogP contribution in [-0.4, -0.2) is 18.9 Å². The van der Waals surface area contributed by atoms with Crippen molar-refractivity contribution in [3.63, 3.8) is 0 Å². The molecule has 0 aliphatic carbocycles. The highest BCUT2D eigenvalue weighted by molar-refractivity contribution is 6.17. The third-order valence-electron chi connectivity index (χ3n) is 3.43. The van der Waals surface area contributed by atoms with Crippen molar-refractivity contribution in [2.75, 3.05) is 23.1 Å². The minimum Gasteiger partial charge on any atom is -0.497 e. The second-order valence-corrected chi connectivity index (χ2v) is 4.93. The molecule has 0 saturated heterocycles. The normalized spacial score (nSPS) is 14.1. The average Bonchev–Trinajstić information content (AvgIpc) is 2.62. The van der Waals surface area contributed by atoms with Crippen molar-refractivity contribution >= 4 is 34.6 Å². The van der Waals surface area contributed by atoms with Crippen molar-refractivity contribution in [1.82, 2.24) is 0 Å². The Labute approximate surface area is 127 Å². The van der Waals surface area contributed by atoms with Crippen LogP contribution in [-0.2, 0) is 9.59 Å². The first-order chi connectivity index (χ1) is 10.6. The van der Waals surface area contributed by atoms with E-state index in [-0.39, 0.29) is 18.2 Å². The van der Waals surface area contributed by atoms with E-state index in [0.717, 1.165) is 0 Å². The number of hydrogen-bond acceptors (Lipinski definition) is 4. The van der Waals surface area contributed by atoms with Crippen LogP contribution in [0.2, 0.25) is 0 Å². The minimum atomic E-state index is -0.350. The summed E-state index contributed by atoms with van der Waals surface area (Å²) in [5.41, 5.74) is 8.08. The largest absolute Gasteiger partial charge is 0.497 e. The van der Waals surface area contributed by atoms with Crippen LogP contribution in [0.1, 0.15) is 6.42 Å². The topological polar surface area (TPSA) is 84.7 Å². The van der Waals surface area contributed by atoms with Gasteiger partial charge in [-0.2, -0.15) is 0 Å². The molecule has 3 N–H and O–H groups in total. The highest BCUT2D eigenvalue weighted by Gasteiger charge is 2.27. The van der Waals surface area contributed by atoms with Gasteiger partial charge in [-0.25, -0.2) is 0 Å². The van der Waals surface area contributed by atoms with Crippen LogP contribution in [0.3, 0.4) is 0 Å². The zero-order valence-electron chi connectivity index (χ0n) is 12.0. The van der Waals surface area contributed by atoms with Gasteiger partial charge in [-0.15, -0.1) is 0 Å². The first-order valence-corrected chi connectivity index (χ1v) is 6.75. The monoisotopic (exact) mass is 297 g/mol. The molecule has 1 heterocycles. The Bertz CT molecular complexity index is 741. The fourth-order valence-electron chi connectivity index (χ4n) is 2.39. The second-order valence-electron chi connectivity index (χ2n) is 4.93. The molecule has 0 radical (unpaired) electrons. The SMILES string of the molecule is COc1ccc2c(c1)NC(=O)CC(=O)N2c1ccc(N)cc1. The van der Waals surface area contributed by atoms with Crippen LogP contribution in [0.15, 0.2) is 42.5 Å². The Morgan fingerprint density at radius 1 is 1.14 bits per heavy atom. The molecule has 0 aromatic heterocycles. The summed E-state index contributed by atoms with van der Waals surface area (Å²) in [6.45, 7) is 0. The maximum absolute atomic E-state index is 12.4. The van der Waals surface area contributed by atoms with Crippen LogP contribution < -0.4 is 20.7 Å². The maximum atomic E-state index is 12.4. The summed E-state index contributed by atoms with van der Waals surface area (Å²) in [7, 11) is 1.54. The van der Waals surface area contributed by atoms with Crippen LogP contribution in [0.5, 0.6) is 5.75 Å². The highest BCUT2D eigenvalue weighted by Crippen LogP contribution is 2.37. The van der Waals surface area contributed by atoms with Crippen molar-refractivity contribution in [1.29, 1.82) is 0 Å². The summed E-state index contributed by atoms with van der Waals surface area (Å²) in [4.78, 5) is 25.8. The van der Waals surface area contributed by atoms with Gasteiger partial charge in [-0.05, 0) is 36.4 Å². The standard InChI is InChI=1S/C16H15N3O3/c1-22-12-6-7-14-13(8-12)18-15(20)9-16(21)19(14)11-4-2-10(17)3-5-11/h2-8H,9,17H2,1H3,(H,18,20). The molecule has 2 amide bonds. The van der Waals surface area contributed by atoms with Crippen LogP contribution in [0.4, 0.5) is 22.7 Å². The molecule has 0 spiro atoms. The van der Waals surface area contributed by atoms with Crippen LogP contribution in [0.25, 0.3) is 0 Å². The first kappa shape index (κ1) is 13.9. The van der Waals surface area contributed by atoms with E-state index in [1.807, 2.05) is 0 Å². The fraction of sp³-hybridized carbons (Fsp3) is 0.125. The molecule has 2 aromatic rings. The van der Waals surface area contributed by atoms with Gasteiger partial charge in [0.15, 0.2) is 0 Å². The molecule has 1 aliphatic heterocycles. The van der Waals surface area contributed by atoms with E-state index >= 15 is 0 Å².